The van der Waals surface area contributed by atoms with Crippen LogP contribution in [-0.2, 0) is 13.0 Å². The Kier molecular flexibility index (Phi) is 5.80. The summed E-state index contributed by atoms with van der Waals surface area (Å²) >= 11 is 0. The number of hydrogen-bond acceptors (Lipinski definition) is 3. The molecular weight excluding hydrogens is 388 g/mol. The molecule has 6 nitrogen and oxygen atoms in total. The van der Waals surface area contributed by atoms with Gasteiger partial charge in [-0.3, -0.25) is 9.59 Å². The van der Waals surface area contributed by atoms with Gasteiger partial charge in [0, 0.05) is 18.0 Å². The van der Waals surface area contributed by atoms with Gasteiger partial charge in [-0.15, -0.1) is 0 Å². The Labute approximate surface area is 180 Å². The van der Waals surface area contributed by atoms with Crippen molar-refractivity contribution < 1.29 is 4.79 Å². The van der Waals surface area contributed by atoms with E-state index < -0.39 is 0 Å². The van der Waals surface area contributed by atoms with E-state index in [0.717, 1.165) is 16.9 Å². The largest absolute Gasteiger partial charge is 0.322 e. The number of rotatable bonds is 6. The number of hydrogen-bond donors (Lipinski definition) is 1. The molecule has 0 fully saturated rings. The zero-order chi connectivity index (χ0) is 21.8. The van der Waals surface area contributed by atoms with E-state index in [2.05, 4.69) is 10.4 Å². The van der Waals surface area contributed by atoms with Gasteiger partial charge >= 0.3 is 0 Å². The first kappa shape index (κ1) is 20.3. The predicted molar refractivity (Wildman–Crippen MR) is 122 cm³/mol. The first-order valence-electron chi connectivity index (χ1n) is 10.2. The van der Waals surface area contributed by atoms with Crippen LogP contribution in [0.4, 0.5) is 5.69 Å². The third-order valence-electron chi connectivity index (χ3n) is 5.19. The van der Waals surface area contributed by atoms with Gasteiger partial charge in [0.25, 0.3) is 11.5 Å². The Morgan fingerprint density at radius 3 is 2.42 bits per heavy atom. The van der Waals surface area contributed by atoms with Crippen molar-refractivity contribution in [3.63, 3.8) is 0 Å². The van der Waals surface area contributed by atoms with Crippen LogP contribution >= 0.6 is 0 Å². The van der Waals surface area contributed by atoms with Crippen molar-refractivity contribution in [3.8, 4) is 5.69 Å². The van der Waals surface area contributed by atoms with Crippen LogP contribution in [0.5, 0.6) is 0 Å². The molecule has 156 valence electrons. The van der Waals surface area contributed by atoms with E-state index in [0.29, 0.717) is 24.2 Å². The number of anilines is 1. The van der Waals surface area contributed by atoms with Gasteiger partial charge in [0.15, 0.2) is 0 Å². The van der Waals surface area contributed by atoms with Gasteiger partial charge in [-0.1, -0.05) is 42.8 Å². The minimum atomic E-state index is -0.192. The van der Waals surface area contributed by atoms with Gasteiger partial charge in [-0.05, 0) is 49.2 Å². The second kappa shape index (κ2) is 8.83. The molecular formula is C25H24N4O2. The van der Waals surface area contributed by atoms with Crippen molar-refractivity contribution in [2.45, 2.75) is 26.8 Å². The molecule has 4 rings (SSSR count). The third-order valence-corrected chi connectivity index (χ3v) is 5.19. The van der Waals surface area contributed by atoms with Crippen molar-refractivity contribution in [2.75, 3.05) is 5.32 Å². The third kappa shape index (κ3) is 4.48. The number of aryl methyl sites for hydroxylation is 1. The van der Waals surface area contributed by atoms with Crippen LogP contribution in [0.2, 0.25) is 0 Å². The van der Waals surface area contributed by atoms with Crippen molar-refractivity contribution >= 4 is 11.6 Å². The highest BCUT2D eigenvalue weighted by Crippen LogP contribution is 2.18. The molecule has 4 aromatic rings. The Morgan fingerprint density at radius 1 is 1.00 bits per heavy atom. The summed E-state index contributed by atoms with van der Waals surface area (Å²) in [4.78, 5) is 24.8. The monoisotopic (exact) mass is 412 g/mol. The zero-order valence-electron chi connectivity index (χ0n) is 17.6. The van der Waals surface area contributed by atoms with Crippen molar-refractivity contribution in [1.82, 2.24) is 14.3 Å². The number of carbonyl (C=O) groups excluding carboxylic acids is 1. The van der Waals surface area contributed by atoms with Crippen molar-refractivity contribution in [1.29, 1.82) is 0 Å². The lowest BCUT2D eigenvalue weighted by atomic mass is 10.1. The van der Waals surface area contributed by atoms with Crippen LogP contribution in [-0.4, -0.2) is 20.3 Å². The predicted octanol–water partition coefficient (Wildman–Crippen LogP) is 4.21. The Morgan fingerprint density at radius 2 is 1.74 bits per heavy atom. The van der Waals surface area contributed by atoms with Gasteiger partial charge in [-0.2, -0.15) is 5.10 Å². The van der Waals surface area contributed by atoms with Crippen LogP contribution in [0, 0.1) is 6.92 Å². The molecule has 0 spiro atoms. The standard InChI is InChI=1S/C25H24N4O2/c1-3-23-22(16-26-29(23)21-13-7-18(2)8-14-21)25(31)27-20-11-9-19(10-12-20)17-28-15-5-4-6-24(28)30/h4-16H,3,17H2,1-2H3,(H,27,31). The van der Waals surface area contributed by atoms with Gasteiger partial charge in [-0.25, -0.2) is 4.68 Å². The van der Waals surface area contributed by atoms with Gasteiger partial charge in [0.2, 0.25) is 0 Å². The minimum absolute atomic E-state index is 0.0439. The highest BCUT2D eigenvalue weighted by molar-refractivity contribution is 6.05. The average molecular weight is 412 g/mol. The smallest absolute Gasteiger partial charge is 0.259 e. The maximum Gasteiger partial charge on any atom is 0.259 e. The van der Waals surface area contributed by atoms with Crippen LogP contribution in [0.3, 0.4) is 0 Å². The molecule has 2 heterocycles. The Balaban J connectivity index is 1.50. The topological polar surface area (TPSA) is 68.9 Å². The van der Waals surface area contributed by atoms with Crippen LogP contribution in [0.15, 0.2) is 83.9 Å². The Hall–Kier alpha value is -3.93. The highest BCUT2D eigenvalue weighted by atomic mass is 16.1. The van der Waals surface area contributed by atoms with E-state index in [4.69, 9.17) is 0 Å². The van der Waals surface area contributed by atoms with E-state index in [9.17, 15) is 9.59 Å². The van der Waals surface area contributed by atoms with E-state index in [-0.39, 0.29) is 11.5 Å². The molecule has 0 saturated carbocycles. The van der Waals surface area contributed by atoms with E-state index in [1.54, 1.807) is 23.0 Å². The van der Waals surface area contributed by atoms with E-state index >= 15 is 0 Å². The number of amides is 1. The fraction of sp³-hybridized carbons (Fsp3) is 0.160. The summed E-state index contributed by atoms with van der Waals surface area (Å²) in [6.07, 6.45) is 4.06. The highest BCUT2D eigenvalue weighted by Gasteiger charge is 2.17. The lowest BCUT2D eigenvalue weighted by Gasteiger charge is -2.10. The second-order valence-electron chi connectivity index (χ2n) is 7.42. The summed E-state index contributed by atoms with van der Waals surface area (Å²) < 4.78 is 3.45. The number of pyridine rings is 1. The van der Waals surface area contributed by atoms with Gasteiger partial charge < -0.3 is 9.88 Å². The summed E-state index contributed by atoms with van der Waals surface area (Å²) in [6.45, 7) is 4.53. The van der Waals surface area contributed by atoms with Gasteiger partial charge in [0.1, 0.15) is 0 Å². The lowest BCUT2D eigenvalue weighted by molar-refractivity contribution is 0.102. The van der Waals surface area contributed by atoms with Crippen molar-refractivity contribution in [3.05, 3.63) is 112 Å². The molecule has 0 aliphatic carbocycles. The minimum Gasteiger partial charge on any atom is -0.322 e. The summed E-state index contributed by atoms with van der Waals surface area (Å²) in [6, 6.07) is 20.7. The summed E-state index contributed by atoms with van der Waals surface area (Å²) in [5.41, 5.74) is 5.16. The summed E-state index contributed by atoms with van der Waals surface area (Å²) in [5.74, 6) is -0.192. The average Bonchev–Trinajstić information content (AvgIpc) is 3.21. The SMILES string of the molecule is CCc1c(C(=O)Nc2ccc(Cn3ccccc3=O)cc2)cnn1-c1ccc(C)cc1. The molecule has 0 aliphatic rings. The zero-order valence-corrected chi connectivity index (χ0v) is 17.6. The normalized spacial score (nSPS) is 10.8. The number of aromatic nitrogens is 3. The molecule has 2 aromatic carbocycles. The molecule has 6 heteroatoms. The summed E-state index contributed by atoms with van der Waals surface area (Å²) in [5, 5.41) is 7.39. The number of nitrogens with zero attached hydrogens (tertiary/aromatic N) is 3. The molecule has 0 radical (unpaired) electrons. The molecule has 0 bridgehead atoms. The maximum absolute atomic E-state index is 12.9. The van der Waals surface area contributed by atoms with Crippen molar-refractivity contribution in [2.24, 2.45) is 0 Å². The first-order valence-corrected chi connectivity index (χ1v) is 10.2. The Bertz CT molecular complexity index is 1250. The second-order valence-corrected chi connectivity index (χ2v) is 7.42. The van der Waals surface area contributed by atoms with Crippen LogP contribution < -0.4 is 10.9 Å². The number of benzene rings is 2. The number of carbonyl (C=O) groups is 1. The first-order chi connectivity index (χ1) is 15.0. The van der Waals surface area contributed by atoms with Gasteiger partial charge in [0.05, 0.1) is 29.7 Å². The molecule has 1 amide bonds. The summed E-state index contributed by atoms with van der Waals surface area (Å²) in [7, 11) is 0. The molecule has 0 unspecified atom stereocenters. The molecule has 0 atom stereocenters. The lowest BCUT2D eigenvalue weighted by Crippen LogP contribution is -2.18. The molecule has 2 aromatic heterocycles. The quantitative estimate of drug-likeness (QED) is 0.516. The van der Waals surface area contributed by atoms with E-state index in [1.807, 2.05) is 73.1 Å². The number of nitrogens with one attached hydrogen (secondary N) is 1. The molecule has 0 aliphatic heterocycles. The fourth-order valence-electron chi connectivity index (χ4n) is 3.49. The molecule has 31 heavy (non-hydrogen) atoms. The van der Waals surface area contributed by atoms with Crippen LogP contribution in [0.1, 0.15) is 34.1 Å². The fourth-order valence-corrected chi connectivity index (χ4v) is 3.49. The molecule has 1 N–H and O–H groups in total. The van der Waals surface area contributed by atoms with Crippen LogP contribution in [0.25, 0.3) is 5.69 Å². The maximum atomic E-state index is 12.9. The van der Waals surface area contributed by atoms with E-state index in [1.165, 1.54) is 11.6 Å². The molecule has 0 saturated heterocycles.